The molecule has 1 aromatic heterocycles. The number of ketones is 1. The molecular weight excluding hydrogens is 392 g/mol. The highest BCUT2D eigenvalue weighted by Crippen LogP contribution is 2.22. The molecule has 0 saturated carbocycles. The zero-order chi connectivity index (χ0) is 20.8. The van der Waals surface area contributed by atoms with Crippen LogP contribution in [0.2, 0.25) is 0 Å². The van der Waals surface area contributed by atoms with E-state index in [4.69, 9.17) is 9.47 Å². The Morgan fingerprint density at radius 2 is 1.83 bits per heavy atom. The Kier molecular flexibility index (Phi) is 6.69. The van der Waals surface area contributed by atoms with Crippen molar-refractivity contribution in [1.82, 2.24) is 4.98 Å². The number of ether oxygens (including phenoxy) is 2. The number of fused-ring (bicyclic) bond motifs is 1. The summed E-state index contributed by atoms with van der Waals surface area (Å²) in [7, 11) is 0. The van der Waals surface area contributed by atoms with Gasteiger partial charge in [-0.3, -0.25) is 9.59 Å². The van der Waals surface area contributed by atoms with Crippen molar-refractivity contribution in [2.75, 3.05) is 11.9 Å². The number of hydrogen-bond donors (Lipinski definition) is 1. The van der Waals surface area contributed by atoms with Gasteiger partial charge in [0.1, 0.15) is 11.6 Å². The van der Waals surface area contributed by atoms with Crippen molar-refractivity contribution in [3.63, 3.8) is 0 Å². The van der Waals surface area contributed by atoms with Gasteiger partial charge in [0.15, 0.2) is 11.9 Å². The molecule has 7 nitrogen and oxygen atoms in total. The standard InChI is InChI=1S/C21H20N2O5S/c1-13(24)15-7-3-4-8-16(15)23-21(26)14(2)28-20(25)12-27-11-19-22-17-9-5-6-10-18(17)29-19/h3-10,14H,11-12H2,1-2H3,(H,23,26)/t14-/m1/s1. The molecule has 0 radical (unpaired) electrons. The number of esters is 1. The highest BCUT2D eigenvalue weighted by Gasteiger charge is 2.19. The van der Waals surface area contributed by atoms with Gasteiger partial charge in [-0.1, -0.05) is 24.3 Å². The summed E-state index contributed by atoms with van der Waals surface area (Å²) in [5, 5.41) is 3.36. The minimum absolute atomic E-state index is 0.172. The third-order valence-corrected chi connectivity index (χ3v) is 5.04. The highest BCUT2D eigenvalue weighted by molar-refractivity contribution is 7.18. The molecule has 1 amide bonds. The van der Waals surface area contributed by atoms with Gasteiger partial charge in [0.25, 0.3) is 5.91 Å². The van der Waals surface area contributed by atoms with Crippen LogP contribution in [0, 0.1) is 0 Å². The minimum Gasteiger partial charge on any atom is -0.451 e. The number of benzene rings is 2. The molecule has 1 N–H and O–H groups in total. The Hall–Kier alpha value is -3.10. The molecule has 3 aromatic rings. The zero-order valence-electron chi connectivity index (χ0n) is 16.0. The number of hydrogen-bond acceptors (Lipinski definition) is 7. The van der Waals surface area contributed by atoms with Gasteiger partial charge < -0.3 is 14.8 Å². The number of thiazole rings is 1. The van der Waals surface area contributed by atoms with Gasteiger partial charge >= 0.3 is 5.97 Å². The largest absolute Gasteiger partial charge is 0.451 e. The fourth-order valence-electron chi connectivity index (χ4n) is 2.62. The number of rotatable bonds is 8. The molecule has 2 aromatic carbocycles. The average molecular weight is 412 g/mol. The number of carbonyl (C=O) groups excluding carboxylic acids is 3. The van der Waals surface area contributed by atoms with E-state index in [2.05, 4.69) is 10.3 Å². The fourth-order valence-corrected chi connectivity index (χ4v) is 3.53. The molecule has 0 aliphatic heterocycles. The Bertz CT molecular complexity index is 1010. The van der Waals surface area contributed by atoms with E-state index in [-0.39, 0.29) is 19.0 Å². The number of anilines is 1. The lowest BCUT2D eigenvalue weighted by molar-refractivity contribution is -0.157. The average Bonchev–Trinajstić information content (AvgIpc) is 3.10. The molecule has 150 valence electrons. The van der Waals surface area contributed by atoms with E-state index in [9.17, 15) is 14.4 Å². The summed E-state index contributed by atoms with van der Waals surface area (Å²) in [6, 6.07) is 14.4. The van der Waals surface area contributed by atoms with Crippen LogP contribution in [0.4, 0.5) is 5.69 Å². The van der Waals surface area contributed by atoms with E-state index in [1.165, 1.54) is 25.2 Å². The van der Waals surface area contributed by atoms with Crippen LogP contribution in [0.15, 0.2) is 48.5 Å². The van der Waals surface area contributed by atoms with Crippen LogP contribution < -0.4 is 5.32 Å². The maximum atomic E-state index is 12.3. The van der Waals surface area contributed by atoms with Crippen LogP contribution in [0.25, 0.3) is 10.2 Å². The molecule has 0 bridgehead atoms. The van der Waals surface area contributed by atoms with Gasteiger partial charge in [0.2, 0.25) is 0 Å². The van der Waals surface area contributed by atoms with Crippen molar-refractivity contribution < 1.29 is 23.9 Å². The van der Waals surface area contributed by atoms with Crippen LogP contribution in [0.5, 0.6) is 0 Å². The number of nitrogens with zero attached hydrogens (tertiary/aromatic N) is 1. The molecule has 0 unspecified atom stereocenters. The second-order valence-electron chi connectivity index (χ2n) is 6.29. The molecular formula is C21H20N2O5S. The second kappa shape index (κ2) is 9.40. The summed E-state index contributed by atoms with van der Waals surface area (Å²) >= 11 is 1.49. The predicted octanol–water partition coefficient (Wildman–Crippen LogP) is 3.59. The van der Waals surface area contributed by atoms with Gasteiger partial charge in [-0.25, -0.2) is 9.78 Å². The molecule has 29 heavy (non-hydrogen) atoms. The van der Waals surface area contributed by atoms with Gasteiger partial charge in [0, 0.05) is 5.56 Å². The third kappa shape index (κ3) is 5.46. The number of aromatic nitrogens is 1. The first-order chi connectivity index (χ1) is 13.9. The highest BCUT2D eigenvalue weighted by atomic mass is 32.1. The smallest absolute Gasteiger partial charge is 0.332 e. The molecule has 0 saturated heterocycles. The van der Waals surface area contributed by atoms with Crippen molar-refractivity contribution in [1.29, 1.82) is 0 Å². The van der Waals surface area contributed by atoms with E-state index in [1.807, 2.05) is 24.3 Å². The Morgan fingerprint density at radius 1 is 1.10 bits per heavy atom. The van der Waals surface area contributed by atoms with Crippen LogP contribution >= 0.6 is 11.3 Å². The van der Waals surface area contributed by atoms with Gasteiger partial charge in [-0.2, -0.15) is 0 Å². The molecule has 0 aliphatic rings. The summed E-state index contributed by atoms with van der Waals surface area (Å²) < 4.78 is 11.5. The third-order valence-electron chi connectivity index (χ3n) is 4.03. The summed E-state index contributed by atoms with van der Waals surface area (Å²) in [4.78, 5) is 40.3. The molecule has 0 aliphatic carbocycles. The van der Waals surface area contributed by atoms with Gasteiger partial charge in [-0.15, -0.1) is 11.3 Å². The van der Waals surface area contributed by atoms with Crippen molar-refractivity contribution in [2.24, 2.45) is 0 Å². The van der Waals surface area contributed by atoms with Gasteiger partial charge in [-0.05, 0) is 38.1 Å². The van der Waals surface area contributed by atoms with Crippen molar-refractivity contribution in [3.8, 4) is 0 Å². The first-order valence-electron chi connectivity index (χ1n) is 8.96. The van der Waals surface area contributed by atoms with Crippen LogP contribution in [-0.4, -0.2) is 35.4 Å². The lowest BCUT2D eigenvalue weighted by Gasteiger charge is -2.15. The van der Waals surface area contributed by atoms with E-state index in [1.54, 1.807) is 24.3 Å². The first-order valence-corrected chi connectivity index (χ1v) is 9.78. The van der Waals surface area contributed by atoms with E-state index >= 15 is 0 Å². The SMILES string of the molecule is CC(=O)c1ccccc1NC(=O)[C@@H](C)OC(=O)COCc1nc2ccccc2s1. The molecule has 8 heteroatoms. The summed E-state index contributed by atoms with van der Waals surface area (Å²) in [5.41, 5.74) is 1.65. The first kappa shape index (κ1) is 20.6. The van der Waals surface area contributed by atoms with Crippen molar-refractivity contribution in [2.45, 2.75) is 26.6 Å². The van der Waals surface area contributed by atoms with Crippen molar-refractivity contribution in [3.05, 3.63) is 59.1 Å². The quantitative estimate of drug-likeness (QED) is 0.449. The maximum Gasteiger partial charge on any atom is 0.332 e. The second-order valence-corrected chi connectivity index (χ2v) is 7.41. The minimum atomic E-state index is -1.03. The monoisotopic (exact) mass is 412 g/mol. The van der Waals surface area contributed by atoms with Crippen LogP contribution in [0.3, 0.4) is 0 Å². The topological polar surface area (TPSA) is 94.6 Å². The number of para-hydroxylation sites is 2. The van der Waals surface area contributed by atoms with E-state index in [0.29, 0.717) is 11.3 Å². The fraction of sp³-hybridized carbons (Fsp3) is 0.238. The number of nitrogens with one attached hydrogen (secondary N) is 1. The van der Waals surface area contributed by atoms with Gasteiger partial charge in [0.05, 0.1) is 22.5 Å². The van der Waals surface area contributed by atoms with E-state index in [0.717, 1.165) is 15.2 Å². The predicted molar refractivity (Wildman–Crippen MR) is 110 cm³/mol. The Morgan fingerprint density at radius 3 is 2.59 bits per heavy atom. The molecule has 0 fully saturated rings. The lowest BCUT2D eigenvalue weighted by atomic mass is 10.1. The maximum absolute atomic E-state index is 12.3. The van der Waals surface area contributed by atoms with Crippen molar-refractivity contribution >= 4 is 44.9 Å². The normalized spacial score (nSPS) is 11.8. The number of amides is 1. The van der Waals surface area contributed by atoms with Crippen LogP contribution in [-0.2, 0) is 25.7 Å². The molecule has 1 heterocycles. The summed E-state index contributed by atoms with van der Waals surface area (Å²) in [6.07, 6.45) is -1.03. The number of carbonyl (C=O) groups is 3. The zero-order valence-corrected chi connectivity index (χ0v) is 16.8. The molecule has 1 atom stereocenters. The molecule has 3 rings (SSSR count). The summed E-state index contributed by atoms with van der Waals surface area (Å²) in [5.74, 6) is -1.36. The van der Waals surface area contributed by atoms with E-state index < -0.39 is 18.0 Å². The Balaban J connectivity index is 1.47. The Labute approximate surface area is 171 Å². The lowest BCUT2D eigenvalue weighted by Crippen LogP contribution is -2.31. The number of Topliss-reactive ketones (excluding diaryl/α,β-unsaturated/α-hetero) is 1. The molecule has 0 spiro atoms. The summed E-state index contributed by atoms with van der Waals surface area (Å²) in [6.45, 7) is 2.76. The van der Waals surface area contributed by atoms with Crippen LogP contribution in [0.1, 0.15) is 29.2 Å².